The third kappa shape index (κ3) is 4.93. The minimum absolute atomic E-state index is 0.231. The van der Waals surface area contributed by atoms with Gasteiger partial charge in [0.1, 0.15) is 23.2 Å². The van der Waals surface area contributed by atoms with Crippen LogP contribution in [0.2, 0.25) is 0 Å². The van der Waals surface area contributed by atoms with Crippen LogP contribution in [0.4, 0.5) is 11.8 Å². The molecule has 0 spiro atoms. The van der Waals surface area contributed by atoms with Crippen LogP contribution in [0.3, 0.4) is 0 Å². The second kappa shape index (κ2) is 10.00. The van der Waals surface area contributed by atoms with Gasteiger partial charge < -0.3 is 25.7 Å². The van der Waals surface area contributed by atoms with Gasteiger partial charge >= 0.3 is 0 Å². The van der Waals surface area contributed by atoms with Gasteiger partial charge in [-0.3, -0.25) is 0 Å². The molecule has 4 aliphatic rings. The van der Waals surface area contributed by atoms with E-state index in [0.29, 0.717) is 41.8 Å². The molecule has 2 aromatic rings. The third-order valence-electron chi connectivity index (χ3n) is 8.50. The van der Waals surface area contributed by atoms with Gasteiger partial charge in [-0.05, 0) is 74.8 Å². The van der Waals surface area contributed by atoms with Crippen molar-refractivity contribution >= 4 is 11.8 Å². The molecule has 4 bridgehead atoms. The van der Waals surface area contributed by atoms with Crippen molar-refractivity contribution in [2.24, 2.45) is 23.2 Å². The van der Waals surface area contributed by atoms with Crippen LogP contribution in [0.5, 0.6) is 5.75 Å². The average molecular weight is 477 g/mol. The molecule has 35 heavy (non-hydrogen) atoms. The van der Waals surface area contributed by atoms with Gasteiger partial charge in [0, 0.05) is 37.8 Å². The maximum Gasteiger partial charge on any atom is 0.224 e. The highest BCUT2D eigenvalue weighted by molar-refractivity contribution is 5.53. The number of nitriles is 1. The molecule has 6 rings (SSSR count). The van der Waals surface area contributed by atoms with Gasteiger partial charge in [0.2, 0.25) is 5.95 Å². The lowest BCUT2D eigenvalue weighted by molar-refractivity contribution is -0.102. The Morgan fingerprint density at radius 3 is 2.66 bits per heavy atom. The van der Waals surface area contributed by atoms with Gasteiger partial charge in [0.25, 0.3) is 0 Å². The molecule has 4 N–H and O–H groups in total. The lowest BCUT2D eigenvalue weighted by atomic mass is 9.47. The molecular formula is C27H36N6O2. The fourth-order valence-electron chi connectivity index (χ4n) is 7.36. The Kier molecular flexibility index (Phi) is 6.81. The summed E-state index contributed by atoms with van der Waals surface area (Å²) in [6, 6.07) is 10.0. The second-order valence-electron chi connectivity index (χ2n) is 10.9. The number of nitrogens with one attached hydrogen (secondary N) is 2. The molecule has 1 aromatic carbocycles. The number of benzene rings is 1. The van der Waals surface area contributed by atoms with E-state index in [1.165, 1.54) is 32.1 Å². The first kappa shape index (κ1) is 23.8. The van der Waals surface area contributed by atoms with Gasteiger partial charge in [0.15, 0.2) is 0 Å². The summed E-state index contributed by atoms with van der Waals surface area (Å²) in [5.41, 5.74) is 1.47. The number of hydrogen-bond acceptors (Lipinski definition) is 8. The third-order valence-corrected chi connectivity index (χ3v) is 8.50. The fraction of sp³-hybridized carbons (Fsp3) is 0.593. The van der Waals surface area contributed by atoms with Crippen LogP contribution in [0, 0.1) is 34.5 Å². The molecule has 1 unspecified atom stereocenters. The molecule has 1 heterocycles. The average Bonchev–Trinajstić information content (AvgIpc) is 2.85. The summed E-state index contributed by atoms with van der Waals surface area (Å²) in [5.74, 6) is 3.47. The number of aliphatic hydroxyl groups is 1. The number of hydrogen-bond donors (Lipinski definition) is 4. The first-order valence-corrected chi connectivity index (χ1v) is 12.8. The van der Waals surface area contributed by atoms with Gasteiger partial charge in [0.05, 0.1) is 6.20 Å². The van der Waals surface area contributed by atoms with Crippen molar-refractivity contribution in [2.45, 2.75) is 51.1 Å². The molecule has 0 saturated heterocycles. The Labute approximate surface area is 207 Å². The minimum Gasteiger partial charge on any atom is -0.508 e. The normalized spacial score (nSPS) is 28.7. The molecule has 1 aromatic heterocycles. The van der Waals surface area contributed by atoms with Gasteiger partial charge in [-0.15, -0.1) is 0 Å². The van der Waals surface area contributed by atoms with Crippen LogP contribution in [0.15, 0.2) is 30.5 Å². The number of para-hydroxylation sites is 1. The topological polar surface area (TPSA) is 117 Å². The van der Waals surface area contributed by atoms with Gasteiger partial charge in [-0.25, -0.2) is 4.98 Å². The van der Waals surface area contributed by atoms with Crippen molar-refractivity contribution < 1.29 is 10.2 Å². The highest BCUT2D eigenvalue weighted by Crippen LogP contribution is 2.61. The molecule has 0 radical (unpaired) electrons. The van der Waals surface area contributed by atoms with Crippen LogP contribution < -0.4 is 10.6 Å². The van der Waals surface area contributed by atoms with E-state index in [4.69, 9.17) is 0 Å². The van der Waals surface area contributed by atoms with Crippen LogP contribution in [0.1, 0.15) is 49.7 Å². The summed E-state index contributed by atoms with van der Waals surface area (Å²) >= 11 is 0. The number of aromatic hydroxyl groups is 1. The van der Waals surface area contributed by atoms with E-state index in [-0.39, 0.29) is 17.8 Å². The summed E-state index contributed by atoms with van der Waals surface area (Å²) in [5, 5.41) is 35.6. The minimum atomic E-state index is 0.231. The Morgan fingerprint density at radius 1 is 1.17 bits per heavy atom. The summed E-state index contributed by atoms with van der Waals surface area (Å²) in [7, 11) is 2.23. The SMILES string of the molecule is CN(CCCO)[C@@H]1[C@@H]2CC3C[C@H]1C[C@](CNc1nc(NCc4ccccc4O)ncc1C#N)(C3)C2. The highest BCUT2D eigenvalue weighted by Gasteiger charge is 2.55. The Bertz CT molecular complexity index is 1070. The highest BCUT2D eigenvalue weighted by atomic mass is 16.3. The summed E-state index contributed by atoms with van der Waals surface area (Å²) in [4.78, 5) is 11.4. The van der Waals surface area contributed by atoms with E-state index in [1.807, 2.05) is 12.1 Å². The predicted molar refractivity (Wildman–Crippen MR) is 135 cm³/mol. The summed E-state index contributed by atoms with van der Waals surface area (Å²) < 4.78 is 0. The largest absolute Gasteiger partial charge is 0.508 e. The first-order chi connectivity index (χ1) is 17.0. The lowest BCUT2D eigenvalue weighted by Crippen LogP contribution is -2.60. The predicted octanol–water partition coefficient (Wildman–Crippen LogP) is 3.59. The molecular weight excluding hydrogens is 440 g/mol. The zero-order chi connectivity index (χ0) is 24.4. The molecule has 4 fully saturated rings. The molecule has 186 valence electrons. The standard InChI is InChI=1S/C27H36N6O2/c1-33(7-4-8-34)24-20-9-18-10-21(24)13-27(11-18,12-20)17-31-25-22(14-28)16-30-26(32-25)29-15-19-5-2-3-6-23(19)35/h2-3,5-6,16,18,20-21,24,34-35H,4,7-13,15,17H2,1H3,(H2,29,30,31,32)/t18?,20-,21+,24-,27+. The zero-order valence-electron chi connectivity index (χ0n) is 20.5. The van der Waals surface area contributed by atoms with E-state index in [1.54, 1.807) is 18.3 Å². The Hall–Kier alpha value is -2.89. The summed E-state index contributed by atoms with van der Waals surface area (Å²) in [6.45, 7) is 2.45. The van der Waals surface area contributed by atoms with Crippen LogP contribution in [-0.4, -0.2) is 57.9 Å². The number of anilines is 2. The van der Waals surface area contributed by atoms with E-state index < -0.39 is 0 Å². The Morgan fingerprint density at radius 2 is 1.94 bits per heavy atom. The number of rotatable bonds is 10. The molecule has 8 nitrogen and oxygen atoms in total. The van der Waals surface area contributed by atoms with E-state index in [9.17, 15) is 15.5 Å². The monoisotopic (exact) mass is 476 g/mol. The van der Waals surface area contributed by atoms with Crippen molar-refractivity contribution in [1.29, 1.82) is 5.26 Å². The van der Waals surface area contributed by atoms with Crippen molar-refractivity contribution in [3.05, 3.63) is 41.6 Å². The van der Waals surface area contributed by atoms with Crippen LogP contribution in [-0.2, 0) is 6.54 Å². The molecule has 8 heteroatoms. The number of nitrogens with zero attached hydrogens (tertiary/aromatic N) is 4. The molecule has 4 saturated carbocycles. The number of phenolic OH excluding ortho intramolecular Hbond substituents is 1. The van der Waals surface area contributed by atoms with E-state index in [0.717, 1.165) is 31.0 Å². The lowest BCUT2D eigenvalue weighted by Gasteiger charge is -2.62. The molecule has 0 amide bonds. The van der Waals surface area contributed by atoms with Crippen molar-refractivity contribution in [3.63, 3.8) is 0 Å². The second-order valence-corrected chi connectivity index (χ2v) is 10.9. The molecule has 0 aliphatic heterocycles. The van der Waals surface area contributed by atoms with E-state index >= 15 is 0 Å². The Balaban J connectivity index is 1.26. The number of phenols is 1. The number of aromatic nitrogens is 2. The van der Waals surface area contributed by atoms with Crippen molar-refractivity contribution in [2.75, 3.05) is 37.4 Å². The van der Waals surface area contributed by atoms with Crippen molar-refractivity contribution in [3.8, 4) is 11.8 Å². The van der Waals surface area contributed by atoms with Gasteiger partial charge in [-0.2, -0.15) is 10.2 Å². The van der Waals surface area contributed by atoms with Crippen LogP contribution in [0.25, 0.3) is 0 Å². The zero-order valence-corrected chi connectivity index (χ0v) is 20.5. The summed E-state index contributed by atoms with van der Waals surface area (Å²) in [6.07, 6.45) is 8.74. The van der Waals surface area contributed by atoms with E-state index in [2.05, 4.69) is 38.6 Å². The quantitative estimate of drug-likeness (QED) is 0.411. The van der Waals surface area contributed by atoms with Crippen LogP contribution >= 0.6 is 0 Å². The smallest absolute Gasteiger partial charge is 0.224 e. The maximum atomic E-state index is 10.0. The van der Waals surface area contributed by atoms with Gasteiger partial charge in [-0.1, -0.05) is 18.2 Å². The maximum absolute atomic E-state index is 10.0. The fourth-order valence-corrected chi connectivity index (χ4v) is 7.36. The van der Waals surface area contributed by atoms with Crippen molar-refractivity contribution in [1.82, 2.24) is 14.9 Å². The first-order valence-electron chi connectivity index (χ1n) is 12.8. The molecule has 5 atom stereocenters. The number of aliphatic hydroxyl groups excluding tert-OH is 1. The molecule has 4 aliphatic carbocycles.